The zero-order valence-corrected chi connectivity index (χ0v) is 15.4. The second-order valence-electron chi connectivity index (χ2n) is 7.37. The number of hydrogen-bond donors (Lipinski definition) is 1. The number of benzene rings is 2. The van der Waals surface area contributed by atoms with Crippen LogP contribution in [0.3, 0.4) is 0 Å². The van der Waals surface area contributed by atoms with Gasteiger partial charge in [0, 0.05) is 29.8 Å². The highest BCUT2D eigenvalue weighted by atomic mass is 19.4. The van der Waals surface area contributed by atoms with E-state index in [9.17, 15) is 23.1 Å². The molecule has 1 fully saturated rings. The molecule has 2 aromatic carbocycles. The number of carboxylic acid groups (broad SMARTS) is 1. The number of hydrogen-bond acceptors (Lipinski definition) is 3. The standard InChI is InChI=1S/C22H17F3N2O2/c1-21(20(28)29)17(13-5-3-2-4-6-13)18(21)14-7-9-15(10-8-14)19-26-11-16(12-27-19)22(23,24)25/h2-12,17-18H,1H3,(H,28,29)/t17-,18-,21+/m0/s1. The quantitative estimate of drug-likeness (QED) is 0.661. The monoisotopic (exact) mass is 398 g/mol. The van der Waals surface area contributed by atoms with Gasteiger partial charge in [-0.15, -0.1) is 0 Å². The van der Waals surface area contributed by atoms with E-state index < -0.39 is 23.1 Å². The van der Waals surface area contributed by atoms with Gasteiger partial charge in [-0.3, -0.25) is 4.79 Å². The van der Waals surface area contributed by atoms with Crippen LogP contribution >= 0.6 is 0 Å². The fourth-order valence-corrected chi connectivity index (χ4v) is 3.98. The van der Waals surface area contributed by atoms with Crippen LogP contribution in [0.15, 0.2) is 67.0 Å². The minimum Gasteiger partial charge on any atom is -0.481 e. The third kappa shape index (κ3) is 3.26. The van der Waals surface area contributed by atoms with Crippen molar-refractivity contribution in [2.45, 2.75) is 24.9 Å². The van der Waals surface area contributed by atoms with Crippen LogP contribution in [0.25, 0.3) is 11.4 Å². The van der Waals surface area contributed by atoms with E-state index in [0.29, 0.717) is 5.56 Å². The predicted octanol–water partition coefficient (Wildman–Crippen LogP) is 5.13. The van der Waals surface area contributed by atoms with Gasteiger partial charge in [0.1, 0.15) is 0 Å². The van der Waals surface area contributed by atoms with Crippen LogP contribution in [0.4, 0.5) is 13.2 Å². The number of halogens is 3. The lowest BCUT2D eigenvalue weighted by Gasteiger charge is -2.07. The molecule has 3 aromatic rings. The average Bonchev–Trinajstić information content (AvgIpc) is 3.35. The van der Waals surface area contributed by atoms with Crippen LogP contribution in [0.5, 0.6) is 0 Å². The van der Waals surface area contributed by atoms with Gasteiger partial charge in [0.2, 0.25) is 0 Å². The van der Waals surface area contributed by atoms with Crippen molar-refractivity contribution in [3.05, 3.63) is 83.7 Å². The number of rotatable bonds is 4. The highest BCUT2D eigenvalue weighted by molar-refractivity contribution is 5.83. The summed E-state index contributed by atoms with van der Waals surface area (Å²) in [6.07, 6.45) is -2.98. The Kier molecular flexibility index (Phi) is 4.41. The SMILES string of the molecule is C[C@@]1(C(=O)O)[C@@H](c2ccccc2)[C@@H]1c1ccc(-c2ncc(C(F)(F)F)cn2)cc1. The van der Waals surface area contributed by atoms with Crippen molar-refractivity contribution in [2.75, 3.05) is 0 Å². The lowest BCUT2D eigenvalue weighted by atomic mass is 10.00. The third-order valence-electron chi connectivity index (χ3n) is 5.64. The van der Waals surface area contributed by atoms with E-state index >= 15 is 0 Å². The first kappa shape index (κ1) is 19.1. The maximum Gasteiger partial charge on any atom is 0.419 e. The van der Waals surface area contributed by atoms with E-state index in [1.165, 1.54) is 0 Å². The lowest BCUT2D eigenvalue weighted by Crippen LogP contribution is -2.14. The summed E-state index contributed by atoms with van der Waals surface area (Å²) in [5.74, 6) is -1.01. The van der Waals surface area contributed by atoms with Crippen molar-refractivity contribution in [3.8, 4) is 11.4 Å². The fraction of sp³-hybridized carbons (Fsp3) is 0.227. The molecule has 0 bridgehead atoms. The Bertz CT molecular complexity index is 1030. The van der Waals surface area contributed by atoms with Crippen molar-refractivity contribution < 1.29 is 23.1 Å². The van der Waals surface area contributed by atoms with Gasteiger partial charge in [-0.1, -0.05) is 54.6 Å². The fourth-order valence-electron chi connectivity index (χ4n) is 3.98. The Morgan fingerprint density at radius 3 is 1.93 bits per heavy atom. The normalized spacial score (nSPS) is 23.6. The minimum atomic E-state index is -4.48. The molecule has 0 radical (unpaired) electrons. The van der Waals surface area contributed by atoms with E-state index in [-0.39, 0.29) is 17.7 Å². The van der Waals surface area contributed by atoms with Crippen molar-refractivity contribution >= 4 is 5.97 Å². The topological polar surface area (TPSA) is 63.1 Å². The van der Waals surface area contributed by atoms with E-state index in [0.717, 1.165) is 23.5 Å². The Morgan fingerprint density at radius 2 is 1.45 bits per heavy atom. The molecule has 4 nitrogen and oxygen atoms in total. The molecule has 1 aliphatic rings. The molecule has 0 aliphatic heterocycles. The van der Waals surface area contributed by atoms with Gasteiger partial charge < -0.3 is 5.11 Å². The van der Waals surface area contributed by atoms with Gasteiger partial charge in [0.05, 0.1) is 11.0 Å². The van der Waals surface area contributed by atoms with Crippen LogP contribution in [0.1, 0.15) is 35.4 Å². The molecule has 1 N–H and O–H groups in total. The Hall–Kier alpha value is -3.22. The van der Waals surface area contributed by atoms with Gasteiger partial charge in [0.25, 0.3) is 0 Å². The van der Waals surface area contributed by atoms with Crippen molar-refractivity contribution in [1.82, 2.24) is 9.97 Å². The maximum absolute atomic E-state index is 12.7. The lowest BCUT2D eigenvalue weighted by molar-refractivity contribution is -0.143. The number of alkyl halides is 3. The van der Waals surface area contributed by atoms with E-state index in [4.69, 9.17) is 0 Å². The number of aliphatic carboxylic acids is 1. The number of nitrogens with zero attached hydrogens (tertiary/aromatic N) is 2. The highest BCUT2D eigenvalue weighted by Crippen LogP contribution is 2.70. The summed E-state index contributed by atoms with van der Waals surface area (Å²) in [6.45, 7) is 1.74. The molecule has 1 saturated carbocycles. The van der Waals surface area contributed by atoms with E-state index in [1.54, 1.807) is 31.2 Å². The molecule has 4 rings (SSSR count). The van der Waals surface area contributed by atoms with Crippen LogP contribution in [-0.4, -0.2) is 21.0 Å². The van der Waals surface area contributed by atoms with Crippen molar-refractivity contribution in [1.29, 1.82) is 0 Å². The molecule has 0 unspecified atom stereocenters. The minimum absolute atomic E-state index is 0.144. The molecule has 29 heavy (non-hydrogen) atoms. The Labute approximate surface area is 165 Å². The molecule has 1 aliphatic carbocycles. The molecule has 3 atom stereocenters. The van der Waals surface area contributed by atoms with Gasteiger partial charge in [-0.05, 0) is 18.1 Å². The first-order valence-electron chi connectivity index (χ1n) is 9.01. The molecular formula is C22H17F3N2O2. The first-order chi connectivity index (χ1) is 13.7. The summed E-state index contributed by atoms with van der Waals surface area (Å²) in [5, 5.41) is 9.79. The van der Waals surface area contributed by atoms with Gasteiger partial charge in [-0.2, -0.15) is 13.2 Å². The predicted molar refractivity (Wildman–Crippen MR) is 100 cm³/mol. The number of carboxylic acids is 1. The van der Waals surface area contributed by atoms with Gasteiger partial charge in [0.15, 0.2) is 5.82 Å². The first-order valence-corrected chi connectivity index (χ1v) is 9.01. The van der Waals surface area contributed by atoms with Crippen LogP contribution < -0.4 is 0 Å². The molecule has 0 saturated heterocycles. The number of aromatic nitrogens is 2. The molecule has 0 amide bonds. The molecule has 1 aromatic heterocycles. The van der Waals surface area contributed by atoms with Gasteiger partial charge >= 0.3 is 12.1 Å². The van der Waals surface area contributed by atoms with E-state index in [1.807, 2.05) is 30.3 Å². The third-order valence-corrected chi connectivity index (χ3v) is 5.64. The molecule has 7 heteroatoms. The second kappa shape index (κ2) is 6.69. The number of carbonyl (C=O) groups is 1. The smallest absolute Gasteiger partial charge is 0.419 e. The van der Waals surface area contributed by atoms with Crippen LogP contribution in [0.2, 0.25) is 0 Å². The summed E-state index contributed by atoms with van der Waals surface area (Å²) in [5.41, 5.74) is 0.584. The second-order valence-corrected chi connectivity index (χ2v) is 7.37. The van der Waals surface area contributed by atoms with E-state index in [2.05, 4.69) is 9.97 Å². The highest BCUT2D eigenvalue weighted by Gasteiger charge is 2.67. The summed E-state index contributed by atoms with van der Waals surface area (Å²) in [7, 11) is 0. The summed E-state index contributed by atoms with van der Waals surface area (Å²) in [6, 6.07) is 16.5. The summed E-state index contributed by atoms with van der Waals surface area (Å²) in [4.78, 5) is 19.5. The summed E-state index contributed by atoms with van der Waals surface area (Å²) < 4.78 is 38.0. The van der Waals surface area contributed by atoms with Gasteiger partial charge in [-0.25, -0.2) is 9.97 Å². The zero-order chi connectivity index (χ0) is 20.8. The molecule has 148 valence electrons. The summed E-state index contributed by atoms with van der Waals surface area (Å²) >= 11 is 0. The molecule has 0 spiro atoms. The maximum atomic E-state index is 12.7. The van der Waals surface area contributed by atoms with Crippen molar-refractivity contribution in [2.24, 2.45) is 5.41 Å². The van der Waals surface area contributed by atoms with Crippen LogP contribution in [0, 0.1) is 5.41 Å². The van der Waals surface area contributed by atoms with Crippen molar-refractivity contribution in [3.63, 3.8) is 0 Å². The zero-order valence-electron chi connectivity index (χ0n) is 15.4. The average molecular weight is 398 g/mol. The Balaban J connectivity index is 1.61. The molecular weight excluding hydrogens is 381 g/mol. The molecule has 1 heterocycles. The Morgan fingerprint density at radius 1 is 0.931 bits per heavy atom. The largest absolute Gasteiger partial charge is 0.481 e. The van der Waals surface area contributed by atoms with Crippen LogP contribution in [-0.2, 0) is 11.0 Å².